The van der Waals surface area contributed by atoms with Gasteiger partial charge in [0.05, 0.1) is 10.7 Å². The molecular formula is C21H20ClN5O3S. The lowest BCUT2D eigenvalue weighted by Crippen LogP contribution is -2.14. The number of hydrogen-bond donors (Lipinski definition) is 1. The van der Waals surface area contributed by atoms with Gasteiger partial charge in [0.2, 0.25) is 5.91 Å². The van der Waals surface area contributed by atoms with E-state index >= 15 is 0 Å². The number of halogens is 1. The van der Waals surface area contributed by atoms with Crippen LogP contribution in [0, 0.1) is 10.1 Å². The van der Waals surface area contributed by atoms with Crippen LogP contribution >= 0.6 is 23.4 Å². The Morgan fingerprint density at radius 2 is 1.90 bits per heavy atom. The molecule has 2 atom stereocenters. The highest BCUT2D eigenvalue weighted by Crippen LogP contribution is 2.54. The average molecular weight is 458 g/mol. The van der Waals surface area contributed by atoms with E-state index in [0.29, 0.717) is 22.7 Å². The maximum Gasteiger partial charge on any atom is 0.269 e. The molecule has 0 unspecified atom stereocenters. The zero-order valence-electron chi connectivity index (χ0n) is 16.7. The SMILES string of the molecule is CCn1c(SCC(=O)Nc2ccc([N+](=O)[O-])cc2)nnc1[C@@H]1C[C@H]1c1ccc(Cl)cc1. The zero-order valence-corrected chi connectivity index (χ0v) is 18.3. The zero-order chi connectivity index (χ0) is 22.0. The highest BCUT2D eigenvalue weighted by Gasteiger charge is 2.43. The van der Waals surface area contributed by atoms with Crippen LogP contribution in [0.2, 0.25) is 5.02 Å². The van der Waals surface area contributed by atoms with E-state index in [1.54, 1.807) is 0 Å². The number of non-ortho nitro benzene ring substituents is 1. The molecule has 31 heavy (non-hydrogen) atoms. The second-order valence-electron chi connectivity index (χ2n) is 7.23. The lowest BCUT2D eigenvalue weighted by molar-refractivity contribution is -0.384. The maximum atomic E-state index is 12.3. The van der Waals surface area contributed by atoms with Crippen molar-refractivity contribution in [3.63, 3.8) is 0 Å². The number of nitrogens with zero attached hydrogens (tertiary/aromatic N) is 4. The smallest absolute Gasteiger partial charge is 0.269 e. The van der Waals surface area contributed by atoms with E-state index in [1.807, 2.05) is 19.1 Å². The Hall–Kier alpha value is -2.91. The van der Waals surface area contributed by atoms with Gasteiger partial charge in [-0.3, -0.25) is 14.9 Å². The molecule has 1 heterocycles. The summed E-state index contributed by atoms with van der Waals surface area (Å²) in [5.74, 6) is 1.63. The van der Waals surface area contributed by atoms with Crippen molar-refractivity contribution in [2.75, 3.05) is 11.1 Å². The number of amides is 1. The number of anilines is 1. The fraction of sp³-hybridized carbons (Fsp3) is 0.286. The lowest BCUT2D eigenvalue weighted by atomic mass is 10.1. The Kier molecular flexibility index (Phi) is 6.24. The molecule has 0 spiro atoms. The van der Waals surface area contributed by atoms with E-state index in [4.69, 9.17) is 11.6 Å². The van der Waals surface area contributed by atoms with Crippen LogP contribution in [0.5, 0.6) is 0 Å². The van der Waals surface area contributed by atoms with E-state index in [2.05, 4.69) is 32.2 Å². The number of carbonyl (C=O) groups excluding carboxylic acids is 1. The normalized spacial score (nSPS) is 17.4. The Labute approximate surface area is 188 Å². The van der Waals surface area contributed by atoms with Crippen LogP contribution in [-0.2, 0) is 11.3 Å². The van der Waals surface area contributed by atoms with Crippen molar-refractivity contribution in [2.24, 2.45) is 0 Å². The van der Waals surface area contributed by atoms with Crippen LogP contribution in [0.3, 0.4) is 0 Å². The summed E-state index contributed by atoms with van der Waals surface area (Å²) in [6.45, 7) is 2.76. The summed E-state index contributed by atoms with van der Waals surface area (Å²) in [7, 11) is 0. The van der Waals surface area contributed by atoms with Gasteiger partial charge in [-0.1, -0.05) is 35.5 Å². The highest BCUT2D eigenvalue weighted by atomic mass is 35.5. The maximum absolute atomic E-state index is 12.3. The minimum atomic E-state index is -0.478. The molecule has 0 bridgehead atoms. The number of thioether (sulfide) groups is 1. The molecule has 0 radical (unpaired) electrons. The summed E-state index contributed by atoms with van der Waals surface area (Å²) in [6.07, 6.45) is 1.02. The van der Waals surface area contributed by atoms with Gasteiger partial charge in [-0.2, -0.15) is 0 Å². The van der Waals surface area contributed by atoms with Crippen molar-refractivity contribution in [3.05, 3.63) is 75.1 Å². The van der Waals surface area contributed by atoms with Crippen molar-refractivity contribution in [2.45, 2.75) is 36.9 Å². The predicted octanol–water partition coefficient (Wildman–Crippen LogP) is 4.86. The molecule has 2 aromatic carbocycles. The summed E-state index contributed by atoms with van der Waals surface area (Å²) in [5.41, 5.74) is 1.74. The van der Waals surface area contributed by atoms with Crippen molar-refractivity contribution in [1.82, 2.24) is 14.8 Å². The molecule has 0 saturated heterocycles. The summed E-state index contributed by atoms with van der Waals surface area (Å²) in [6, 6.07) is 13.7. The van der Waals surface area contributed by atoms with Gasteiger partial charge in [0.1, 0.15) is 5.82 Å². The Morgan fingerprint density at radius 1 is 1.19 bits per heavy atom. The van der Waals surface area contributed by atoms with Gasteiger partial charge in [-0.25, -0.2) is 0 Å². The Bertz CT molecular complexity index is 1100. The summed E-state index contributed by atoms with van der Waals surface area (Å²) < 4.78 is 2.06. The molecule has 1 N–H and O–H groups in total. The van der Waals surface area contributed by atoms with E-state index < -0.39 is 4.92 Å². The average Bonchev–Trinajstić information content (AvgIpc) is 3.44. The standard InChI is InChI=1S/C21H20ClN5O3S/c1-2-26-20(18-11-17(18)13-3-5-14(22)6-4-13)24-25-21(26)31-12-19(28)23-15-7-9-16(10-8-15)27(29)30/h3-10,17-18H,2,11-12H2,1H3,(H,23,28)/t17-,18+/m0/s1. The first-order chi connectivity index (χ1) is 15.0. The summed E-state index contributed by atoms with van der Waals surface area (Å²) in [4.78, 5) is 22.5. The molecule has 1 amide bonds. The first-order valence-corrected chi connectivity index (χ1v) is 11.2. The highest BCUT2D eigenvalue weighted by molar-refractivity contribution is 7.99. The number of nitrogens with one attached hydrogen (secondary N) is 1. The number of benzene rings is 2. The minimum Gasteiger partial charge on any atom is -0.325 e. The lowest BCUT2D eigenvalue weighted by Gasteiger charge is -2.08. The monoisotopic (exact) mass is 457 g/mol. The number of nitro groups is 1. The molecule has 8 nitrogen and oxygen atoms in total. The van der Waals surface area contributed by atoms with Crippen LogP contribution in [0.1, 0.15) is 36.6 Å². The molecule has 1 aliphatic carbocycles. The predicted molar refractivity (Wildman–Crippen MR) is 120 cm³/mol. The number of rotatable bonds is 8. The van der Waals surface area contributed by atoms with Gasteiger partial charge >= 0.3 is 0 Å². The fourth-order valence-electron chi connectivity index (χ4n) is 3.53. The number of nitro benzene ring substituents is 1. The van der Waals surface area contributed by atoms with Gasteiger partial charge in [-0.05, 0) is 49.1 Å². The van der Waals surface area contributed by atoms with Crippen molar-refractivity contribution < 1.29 is 9.72 Å². The first kappa shape index (κ1) is 21.3. The molecule has 1 aromatic heterocycles. The largest absolute Gasteiger partial charge is 0.325 e. The van der Waals surface area contributed by atoms with Crippen LogP contribution < -0.4 is 5.32 Å². The Balaban J connectivity index is 1.36. The van der Waals surface area contributed by atoms with Gasteiger partial charge in [-0.15, -0.1) is 10.2 Å². The molecule has 4 rings (SSSR count). The van der Waals surface area contributed by atoms with Crippen molar-refractivity contribution >= 4 is 40.6 Å². The number of carbonyl (C=O) groups is 1. The van der Waals surface area contributed by atoms with Gasteiger partial charge in [0, 0.05) is 35.3 Å². The molecular weight excluding hydrogens is 438 g/mol. The quantitative estimate of drug-likeness (QED) is 0.294. The van der Waals surface area contributed by atoms with E-state index in [-0.39, 0.29) is 17.3 Å². The molecule has 0 aliphatic heterocycles. The number of aromatic nitrogens is 3. The minimum absolute atomic E-state index is 0.0204. The molecule has 1 saturated carbocycles. The summed E-state index contributed by atoms with van der Waals surface area (Å²) in [5, 5.41) is 23.6. The van der Waals surface area contributed by atoms with Crippen LogP contribution in [0.15, 0.2) is 53.7 Å². The van der Waals surface area contributed by atoms with Gasteiger partial charge < -0.3 is 9.88 Å². The van der Waals surface area contributed by atoms with E-state index in [1.165, 1.54) is 41.6 Å². The van der Waals surface area contributed by atoms with Crippen LogP contribution in [-0.4, -0.2) is 31.3 Å². The third kappa shape index (κ3) is 4.88. The molecule has 1 aliphatic rings. The van der Waals surface area contributed by atoms with Crippen LogP contribution in [0.25, 0.3) is 0 Å². The van der Waals surface area contributed by atoms with Crippen molar-refractivity contribution in [1.29, 1.82) is 0 Å². The Morgan fingerprint density at radius 3 is 2.55 bits per heavy atom. The van der Waals surface area contributed by atoms with Crippen LogP contribution in [0.4, 0.5) is 11.4 Å². The van der Waals surface area contributed by atoms with Crippen molar-refractivity contribution in [3.8, 4) is 0 Å². The third-order valence-corrected chi connectivity index (χ3v) is 6.39. The second kappa shape index (κ2) is 9.07. The summed E-state index contributed by atoms with van der Waals surface area (Å²) >= 11 is 7.31. The molecule has 1 fully saturated rings. The van der Waals surface area contributed by atoms with Gasteiger partial charge in [0.25, 0.3) is 5.69 Å². The molecule has 160 valence electrons. The fourth-order valence-corrected chi connectivity index (χ4v) is 4.47. The third-order valence-electron chi connectivity index (χ3n) is 5.18. The second-order valence-corrected chi connectivity index (χ2v) is 8.61. The molecule has 10 heteroatoms. The van der Waals surface area contributed by atoms with E-state index in [9.17, 15) is 14.9 Å². The van der Waals surface area contributed by atoms with Gasteiger partial charge in [0.15, 0.2) is 5.16 Å². The first-order valence-electron chi connectivity index (χ1n) is 9.82. The topological polar surface area (TPSA) is 103 Å². The van der Waals surface area contributed by atoms with E-state index in [0.717, 1.165) is 23.8 Å². The number of hydrogen-bond acceptors (Lipinski definition) is 6. The molecule has 3 aromatic rings.